The molecule has 1 aromatic rings. The lowest BCUT2D eigenvalue weighted by Crippen LogP contribution is -2.28. The highest BCUT2D eigenvalue weighted by Crippen LogP contribution is 2.38. The molecule has 0 saturated heterocycles. The molecule has 1 heterocycles. The van der Waals surface area contributed by atoms with Gasteiger partial charge in [0.25, 0.3) is 0 Å². The second-order valence-corrected chi connectivity index (χ2v) is 7.29. The van der Waals surface area contributed by atoms with E-state index in [9.17, 15) is 0 Å². The van der Waals surface area contributed by atoms with Gasteiger partial charge in [-0.2, -0.15) is 0 Å². The lowest BCUT2D eigenvalue weighted by atomic mass is 9.83. The first-order valence-corrected chi connectivity index (χ1v) is 8.49. The summed E-state index contributed by atoms with van der Waals surface area (Å²) in [5.74, 6) is 1.70. The van der Waals surface area contributed by atoms with E-state index < -0.39 is 0 Å². The molecular weight excluding hydrogens is 238 g/mol. The molecule has 1 N–H and O–H groups in total. The summed E-state index contributed by atoms with van der Waals surface area (Å²) in [5.41, 5.74) is 1.63. The van der Waals surface area contributed by atoms with Gasteiger partial charge in [0.2, 0.25) is 0 Å². The Hall–Kier alpha value is -0.340. The minimum atomic E-state index is 0.823. The minimum Gasteiger partial charge on any atom is -0.314 e. The van der Waals surface area contributed by atoms with Crippen molar-refractivity contribution in [1.82, 2.24) is 5.32 Å². The standard InChI is InChI=1S/C16H25NS/c1-12-9-14(11-18-12)16-6-4-2-3-5-13(16)10-17-15-7-8-15/h9,11,13,15-17H,2-8,10H2,1H3. The van der Waals surface area contributed by atoms with Gasteiger partial charge in [-0.1, -0.05) is 19.3 Å². The van der Waals surface area contributed by atoms with Crippen LogP contribution in [-0.4, -0.2) is 12.6 Å². The van der Waals surface area contributed by atoms with Crippen molar-refractivity contribution in [2.24, 2.45) is 5.92 Å². The molecule has 0 aliphatic heterocycles. The molecule has 2 atom stereocenters. The maximum atomic E-state index is 3.76. The normalized spacial score (nSPS) is 29.2. The van der Waals surface area contributed by atoms with Crippen molar-refractivity contribution in [3.8, 4) is 0 Å². The first kappa shape index (κ1) is 12.7. The van der Waals surface area contributed by atoms with E-state index in [1.165, 1.54) is 56.4 Å². The third kappa shape index (κ3) is 3.16. The predicted molar refractivity (Wildman–Crippen MR) is 79.4 cm³/mol. The van der Waals surface area contributed by atoms with E-state index in [-0.39, 0.29) is 0 Å². The SMILES string of the molecule is Cc1cc(C2CCCCCC2CNC2CC2)cs1. The summed E-state index contributed by atoms with van der Waals surface area (Å²) in [5, 5.41) is 6.18. The second-order valence-electron chi connectivity index (χ2n) is 6.18. The second kappa shape index (κ2) is 5.75. The lowest BCUT2D eigenvalue weighted by Gasteiger charge is -2.25. The number of rotatable bonds is 4. The van der Waals surface area contributed by atoms with Crippen LogP contribution in [0, 0.1) is 12.8 Å². The van der Waals surface area contributed by atoms with Crippen LogP contribution in [-0.2, 0) is 0 Å². The van der Waals surface area contributed by atoms with Gasteiger partial charge in [0.15, 0.2) is 0 Å². The summed E-state index contributed by atoms with van der Waals surface area (Å²) in [6, 6.07) is 3.29. The monoisotopic (exact) mass is 263 g/mol. The van der Waals surface area contributed by atoms with Crippen LogP contribution >= 0.6 is 11.3 Å². The number of aryl methyl sites for hydroxylation is 1. The smallest absolute Gasteiger partial charge is 0.00683 e. The zero-order valence-corrected chi connectivity index (χ0v) is 12.3. The summed E-state index contributed by atoms with van der Waals surface area (Å²) in [4.78, 5) is 1.48. The third-order valence-electron chi connectivity index (χ3n) is 4.58. The summed E-state index contributed by atoms with van der Waals surface area (Å²) >= 11 is 1.92. The fourth-order valence-corrected chi connectivity index (χ4v) is 4.10. The molecule has 0 amide bonds. The van der Waals surface area contributed by atoms with Gasteiger partial charge >= 0.3 is 0 Å². The van der Waals surface area contributed by atoms with Crippen LogP contribution in [0.4, 0.5) is 0 Å². The van der Waals surface area contributed by atoms with Crippen molar-refractivity contribution in [2.75, 3.05) is 6.54 Å². The average molecular weight is 263 g/mol. The molecule has 0 spiro atoms. The Balaban J connectivity index is 1.68. The van der Waals surface area contributed by atoms with Crippen LogP contribution in [0.5, 0.6) is 0 Å². The summed E-state index contributed by atoms with van der Waals surface area (Å²) < 4.78 is 0. The Labute approximate surface area is 115 Å². The first-order valence-electron chi connectivity index (χ1n) is 7.61. The highest BCUT2D eigenvalue weighted by molar-refractivity contribution is 7.10. The molecule has 1 nitrogen and oxygen atoms in total. The van der Waals surface area contributed by atoms with Gasteiger partial charge in [-0.05, 0) is 68.0 Å². The van der Waals surface area contributed by atoms with E-state index in [0.29, 0.717) is 0 Å². The molecule has 2 heteroatoms. The maximum Gasteiger partial charge on any atom is 0.00683 e. The van der Waals surface area contributed by atoms with E-state index >= 15 is 0 Å². The van der Waals surface area contributed by atoms with E-state index in [0.717, 1.165) is 17.9 Å². The molecule has 0 aromatic carbocycles. The van der Waals surface area contributed by atoms with Gasteiger partial charge in [0.05, 0.1) is 0 Å². The van der Waals surface area contributed by atoms with Crippen molar-refractivity contribution < 1.29 is 0 Å². The van der Waals surface area contributed by atoms with Gasteiger partial charge in [-0.25, -0.2) is 0 Å². The first-order chi connectivity index (χ1) is 8.83. The molecule has 0 bridgehead atoms. The van der Waals surface area contributed by atoms with Gasteiger partial charge < -0.3 is 5.32 Å². The van der Waals surface area contributed by atoms with Gasteiger partial charge in [0, 0.05) is 10.9 Å². The van der Waals surface area contributed by atoms with Crippen LogP contribution in [0.3, 0.4) is 0 Å². The van der Waals surface area contributed by atoms with E-state index in [1.807, 2.05) is 11.3 Å². The molecule has 3 rings (SSSR count). The van der Waals surface area contributed by atoms with Crippen LogP contribution in [0.1, 0.15) is 61.3 Å². The largest absolute Gasteiger partial charge is 0.314 e. The van der Waals surface area contributed by atoms with E-state index in [4.69, 9.17) is 0 Å². The molecule has 0 radical (unpaired) electrons. The van der Waals surface area contributed by atoms with Gasteiger partial charge in [-0.15, -0.1) is 11.3 Å². The van der Waals surface area contributed by atoms with Crippen LogP contribution in [0.2, 0.25) is 0 Å². The lowest BCUT2D eigenvalue weighted by molar-refractivity contribution is 0.374. The predicted octanol–water partition coefficient (Wildman–Crippen LogP) is 4.47. The minimum absolute atomic E-state index is 0.823. The van der Waals surface area contributed by atoms with Crippen molar-refractivity contribution in [2.45, 2.75) is 63.8 Å². The third-order valence-corrected chi connectivity index (χ3v) is 5.46. The highest BCUT2D eigenvalue weighted by Gasteiger charge is 2.28. The molecule has 2 saturated carbocycles. The van der Waals surface area contributed by atoms with Crippen molar-refractivity contribution in [3.05, 3.63) is 21.9 Å². The van der Waals surface area contributed by atoms with Gasteiger partial charge in [-0.3, -0.25) is 0 Å². The molecule has 18 heavy (non-hydrogen) atoms. The summed E-state index contributed by atoms with van der Waals surface area (Å²) in [6.45, 7) is 3.49. The van der Waals surface area contributed by atoms with Crippen LogP contribution in [0.25, 0.3) is 0 Å². The van der Waals surface area contributed by atoms with Gasteiger partial charge in [0.1, 0.15) is 0 Å². The number of hydrogen-bond acceptors (Lipinski definition) is 2. The Bertz CT molecular complexity index is 380. The Morgan fingerprint density at radius 1 is 1.17 bits per heavy atom. The topological polar surface area (TPSA) is 12.0 Å². The molecule has 1 aromatic heterocycles. The molecule has 2 aliphatic rings. The van der Waals surface area contributed by atoms with Crippen molar-refractivity contribution in [1.29, 1.82) is 0 Å². The van der Waals surface area contributed by atoms with Crippen molar-refractivity contribution in [3.63, 3.8) is 0 Å². The quantitative estimate of drug-likeness (QED) is 0.790. The van der Waals surface area contributed by atoms with Crippen LogP contribution in [0.15, 0.2) is 11.4 Å². The van der Waals surface area contributed by atoms with E-state index in [2.05, 4.69) is 23.7 Å². The average Bonchev–Trinajstić information content (AvgIpc) is 3.13. The molecular formula is C16H25NS. The zero-order valence-electron chi connectivity index (χ0n) is 11.5. The number of thiophene rings is 1. The summed E-state index contributed by atoms with van der Waals surface area (Å²) in [7, 11) is 0. The molecule has 100 valence electrons. The molecule has 2 unspecified atom stereocenters. The zero-order chi connectivity index (χ0) is 12.4. The molecule has 2 fully saturated rings. The number of nitrogens with one attached hydrogen (secondary N) is 1. The highest BCUT2D eigenvalue weighted by atomic mass is 32.1. The maximum absolute atomic E-state index is 3.76. The Morgan fingerprint density at radius 3 is 2.72 bits per heavy atom. The van der Waals surface area contributed by atoms with Crippen LogP contribution < -0.4 is 5.32 Å². The molecule has 2 aliphatic carbocycles. The summed E-state index contributed by atoms with van der Waals surface area (Å²) in [6.07, 6.45) is 9.98. The number of hydrogen-bond donors (Lipinski definition) is 1. The van der Waals surface area contributed by atoms with E-state index in [1.54, 1.807) is 5.56 Å². The Kier molecular flexibility index (Phi) is 4.05. The fourth-order valence-electron chi connectivity index (χ4n) is 3.33. The Morgan fingerprint density at radius 2 is 2.00 bits per heavy atom. The fraction of sp³-hybridized carbons (Fsp3) is 0.750. The van der Waals surface area contributed by atoms with Crippen molar-refractivity contribution >= 4 is 11.3 Å².